The number of unbranched alkanes of at least 4 members (excludes halogenated alkanes) is 4. The van der Waals surface area contributed by atoms with Crippen LogP contribution in [0.5, 0.6) is 0 Å². The molecular weight excluding hydrogens is 265 g/mol. The number of ether oxygens (including phenoxy) is 1. The minimum Gasteiger partial charge on any atom is -0.383 e. The summed E-state index contributed by atoms with van der Waals surface area (Å²) in [4.78, 5) is 0. The van der Waals surface area contributed by atoms with E-state index in [9.17, 15) is 4.39 Å². The largest absolute Gasteiger partial charge is 0.383 e. The normalized spacial score (nSPS) is 12.5. The van der Waals surface area contributed by atoms with Gasteiger partial charge < -0.3 is 10.1 Å². The second-order valence-corrected chi connectivity index (χ2v) is 5.62. The number of hydrogen-bond donors (Lipinski definition) is 1. The van der Waals surface area contributed by atoms with Crippen molar-refractivity contribution < 1.29 is 9.13 Å². The molecule has 0 aromatic heterocycles. The molecule has 1 atom stereocenters. The Morgan fingerprint density at radius 3 is 2.62 bits per heavy atom. The first-order valence-electron chi connectivity index (χ1n) is 8.23. The number of methoxy groups -OCH3 is 1. The molecule has 1 rings (SSSR count). The molecule has 21 heavy (non-hydrogen) atoms. The molecule has 3 heteroatoms. The molecule has 0 bridgehead atoms. The third-order valence-electron chi connectivity index (χ3n) is 3.87. The molecule has 0 saturated carbocycles. The summed E-state index contributed by atoms with van der Waals surface area (Å²) in [7, 11) is 1.70. The first kappa shape index (κ1) is 18.1. The van der Waals surface area contributed by atoms with Crippen LogP contribution in [0.4, 0.5) is 4.39 Å². The smallest absolute Gasteiger partial charge is 0.126 e. The highest BCUT2D eigenvalue weighted by Gasteiger charge is 2.14. The summed E-state index contributed by atoms with van der Waals surface area (Å²) in [5, 5.41) is 3.37. The maximum atomic E-state index is 14.0. The highest BCUT2D eigenvalue weighted by Crippen LogP contribution is 2.24. The van der Waals surface area contributed by atoms with Gasteiger partial charge in [-0.3, -0.25) is 0 Å². The van der Waals surface area contributed by atoms with Crippen LogP contribution in [-0.4, -0.2) is 26.8 Å². The molecule has 0 aliphatic carbocycles. The molecule has 0 fully saturated rings. The maximum absolute atomic E-state index is 14.0. The van der Waals surface area contributed by atoms with Gasteiger partial charge in [0.25, 0.3) is 0 Å². The number of nitrogens with one attached hydrogen (secondary N) is 1. The van der Waals surface area contributed by atoms with E-state index >= 15 is 0 Å². The molecule has 0 radical (unpaired) electrons. The van der Waals surface area contributed by atoms with E-state index in [4.69, 9.17) is 4.74 Å². The Kier molecular flexibility index (Phi) is 10.1. The van der Waals surface area contributed by atoms with Crippen molar-refractivity contribution in [2.45, 2.75) is 51.4 Å². The summed E-state index contributed by atoms with van der Waals surface area (Å²) in [5.41, 5.74) is 0.845. The highest BCUT2D eigenvalue weighted by molar-refractivity contribution is 5.22. The molecule has 1 unspecified atom stereocenters. The standard InChI is InChI=1S/C18H30FNO/c1-3-4-5-6-7-10-16(15-20-13-14-21-2)17-11-8-9-12-18(17)19/h8-9,11-12,16,20H,3-7,10,13-15H2,1-2H3. The molecule has 1 aromatic carbocycles. The van der Waals surface area contributed by atoms with Crippen LogP contribution < -0.4 is 5.32 Å². The molecule has 120 valence electrons. The Morgan fingerprint density at radius 2 is 1.90 bits per heavy atom. The predicted octanol–water partition coefficient (Wildman–Crippen LogP) is 4.51. The second-order valence-electron chi connectivity index (χ2n) is 5.62. The summed E-state index contributed by atoms with van der Waals surface area (Å²) in [6.45, 7) is 4.55. The Labute approximate surface area is 129 Å². The Hall–Kier alpha value is -0.930. The predicted molar refractivity (Wildman–Crippen MR) is 87.3 cm³/mol. The van der Waals surface area contributed by atoms with Gasteiger partial charge in [-0.15, -0.1) is 0 Å². The van der Waals surface area contributed by atoms with E-state index in [0.717, 1.165) is 25.1 Å². The minimum absolute atomic E-state index is 0.0791. The van der Waals surface area contributed by atoms with Crippen LogP contribution in [0.3, 0.4) is 0 Å². The lowest BCUT2D eigenvalue weighted by Crippen LogP contribution is -2.25. The lowest BCUT2D eigenvalue weighted by atomic mass is 9.92. The van der Waals surface area contributed by atoms with Crippen molar-refractivity contribution in [1.29, 1.82) is 0 Å². The Balaban J connectivity index is 2.47. The average Bonchev–Trinajstić information content (AvgIpc) is 2.50. The molecule has 0 spiro atoms. The molecule has 1 aromatic rings. The lowest BCUT2D eigenvalue weighted by molar-refractivity contribution is 0.198. The van der Waals surface area contributed by atoms with Crippen molar-refractivity contribution in [3.05, 3.63) is 35.6 Å². The maximum Gasteiger partial charge on any atom is 0.126 e. The summed E-state index contributed by atoms with van der Waals surface area (Å²) >= 11 is 0. The molecule has 0 aliphatic rings. The van der Waals surface area contributed by atoms with Crippen LogP contribution in [0.25, 0.3) is 0 Å². The number of hydrogen-bond acceptors (Lipinski definition) is 2. The number of halogens is 1. The number of rotatable bonds is 12. The van der Waals surface area contributed by atoms with E-state index < -0.39 is 0 Å². The van der Waals surface area contributed by atoms with Gasteiger partial charge in [-0.25, -0.2) is 4.39 Å². The van der Waals surface area contributed by atoms with Crippen molar-refractivity contribution >= 4 is 0 Å². The summed E-state index contributed by atoms with van der Waals surface area (Å²) in [6.07, 6.45) is 7.32. The Morgan fingerprint density at radius 1 is 1.14 bits per heavy atom. The molecule has 0 aliphatic heterocycles. The van der Waals surface area contributed by atoms with E-state index in [1.165, 1.54) is 32.1 Å². The van der Waals surface area contributed by atoms with Crippen LogP contribution in [0.2, 0.25) is 0 Å². The molecule has 0 amide bonds. The van der Waals surface area contributed by atoms with Crippen molar-refractivity contribution in [2.24, 2.45) is 0 Å². The van der Waals surface area contributed by atoms with Crippen LogP contribution in [0.1, 0.15) is 56.9 Å². The SMILES string of the molecule is CCCCCCCC(CNCCOC)c1ccccc1F. The van der Waals surface area contributed by atoms with Crippen molar-refractivity contribution in [2.75, 3.05) is 26.8 Å². The van der Waals surface area contributed by atoms with Crippen LogP contribution in [-0.2, 0) is 4.74 Å². The van der Waals surface area contributed by atoms with Gasteiger partial charge in [0.15, 0.2) is 0 Å². The molecular formula is C18H30FNO. The van der Waals surface area contributed by atoms with Gasteiger partial charge in [-0.1, -0.05) is 57.2 Å². The van der Waals surface area contributed by atoms with Crippen molar-refractivity contribution in [1.82, 2.24) is 5.32 Å². The first-order valence-corrected chi connectivity index (χ1v) is 8.23. The highest BCUT2D eigenvalue weighted by atomic mass is 19.1. The number of benzene rings is 1. The summed E-state index contributed by atoms with van der Waals surface area (Å²) in [5.74, 6) is 0.175. The van der Waals surface area contributed by atoms with Crippen LogP contribution in [0, 0.1) is 5.82 Å². The van der Waals surface area contributed by atoms with Gasteiger partial charge in [-0.2, -0.15) is 0 Å². The fourth-order valence-corrected chi connectivity index (χ4v) is 2.62. The van der Waals surface area contributed by atoms with Gasteiger partial charge in [-0.05, 0) is 24.0 Å². The van der Waals surface area contributed by atoms with E-state index in [1.807, 2.05) is 12.1 Å². The summed E-state index contributed by atoms with van der Waals surface area (Å²) in [6, 6.07) is 7.17. The molecule has 2 nitrogen and oxygen atoms in total. The minimum atomic E-state index is -0.0791. The zero-order chi connectivity index (χ0) is 15.3. The van der Waals surface area contributed by atoms with Crippen molar-refractivity contribution in [3.8, 4) is 0 Å². The first-order chi connectivity index (χ1) is 10.3. The van der Waals surface area contributed by atoms with Gasteiger partial charge in [0.2, 0.25) is 0 Å². The Bertz CT molecular complexity index is 370. The zero-order valence-electron chi connectivity index (χ0n) is 13.5. The fourth-order valence-electron chi connectivity index (χ4n) is 2.62. The fraction of sp³-hybridized carbons (Fsp3) is 0.667. The zero-order valence-corrected chi connectivity index (χ0v) is 13.5. The van der Waals surface area contributed by atoms with Gasteiger partial charge in [0.1, 0.15) is 5.82 Å². The quantitative estimate of drug-likeness (QED) is 0.573. The monoisotopic (exact) mass is 295 g/mol. The third-order valence-corrected chi connectivity index (χ3v) is 3.87. The van der Waals surface area contributed by atoms with Gasteiger partial charge in [0.05, 0.1) is 6.61 Å². The van der Waals surface area contributed by atoms with E-state index in [1.54, 1.807) is 19.2 Å². The van der Waals surface area contributed by atoms with Crippen molar-refractivity contribution in [3.63, 3.8) is 0 Å². The molecule has 0 saturated heterocycles. The van der Waals surface area contributed by atoms with E-state index in [-0.39, 0.29) is 11.7 Å². The second kappa shape index (κ2) is 11.7. The summed E-state index contributed by atoms with van der Waals surface area (Å²) < 4.78 is 19.0. The van der Waals surface area contributed by atoms with Gasteiger partial charge >= 0.3 is 0 Å². The molecule has 0 heterocycles. The van der Waals surface area contributed by atoms with E-state index in [0.29, 0.717) is 6.61 Å². The van der Waals surface area contributed by atoms with Crippen LogP contribution >= 0.6 is 0 Å². The third kappa shape index (κ3) is 7.58. The van der Waals surface area contributed by atoms with Gasteiger partial charge in [0, 0.05) is 20.2 Å². The van der Waals surface area contributed by atoms with E-state index in [2.05, 4.69) is 12.2 Å². The average molecular weight is 295 g/mol. The molecule has 1 N–H and O–H groups in total. The lowest BCUT2D eigenvalue weighted by Gasteiger charge is -2.19. The van der Waals surface area contributed by atoms with Crippen LogP contribution in [0.15, 0.2) is 24.3 Å². The topological polar surface area (TPSA) is 21.3 Å².